The van der Waals surface area contributed by atoms with Crippen LogP contribution >= 0.6 is 46.1 Å². The van der Waals surface area contributed by atoms with Crippen LogP contribution in [0.2, 0.25) is 0 Å². The first-order valence-corrected chi connectivity index (χ1v) is 18.3. The fourth-order valence-corrected chi connectivity index (χ4v) is 7.80. The van der Waals surface area contributed by atoms with Gasteiger partial charge in [0.15, 0.2) is 10.1 Å². The second-order valence-corrected chi connectivity index (χ2v) is 14.8. The Bertz CT molecular complexity index is 2600. The van der Waals surface area contributed by atoms with E-state index in [0.29, 0.717) is 0 Å². The Morgan fingerprint density at radius 2 is 1.31 bits per heavy atom. The van der Waals surface area contributed by atoms with Crippen molar-refractivity contribution in [1.29, 1.82) is 0 Å². The predicted molar refractivity (Wildman–Crippen MR) is 210 cm³/mol. The molecule has 5 nitrogen and oxygen atoms in total. The van der Waals surface area contributed by atoms with Gasteiger partial charge < -0.3 is 9.13 Å². The van der Waals surface area contributed by atoms with Crippen LogP contribution in [0, 0.1) is 0 Å². The molecule has 9 rings (SSSR count). The minimum atomic E-state index is -0.750. The number of halogens is 3. The average Bonchev–Trinajstić information content (AvgIpc) is 3.85. The number of unbranched alkanes of at least 4 members (excludes halogenated alkanes) is 1. The number of fused-ring (bicyclic) bond motifs is 9. The van der Waals surface area contributed by atoms with Crippen LogP contribution in [0.25, 0.3) is 81.5 Å². The number of hydrogen-bond donors (Lipinski definition) is 0. The van der Waals surface area contributed by atoms with E-state index >= 15 is 0 Å². The Balaban J connectivity index is 0.000000829. The molecule has 0 unspecified atom stereocenters. The van der Waals surface area contributed by atoms with Crippen LogP contribution in [0.3, 0.4) is 0 Å². The second-order valence-electron chi connectivity index (χ2n) is 11.8. The van der Waals surface area contributed by atoms with E-state index in [4.69, 9.17) is 49.8 Å². The molecule has 0 saturated heterocycles. The molecule has 0 N–H and O–H groups in total. The molecular weight excluding hydrogens is 689 g/mol. The summed E-state index contributed by atoms with van der Waals surface area (Å²) in [7, 11) is 0. The van der Waals surface area contributed by atoms with Crippen molar-refractivity contribution < 1.29 is 0 Å². The van der Waals surface area contributed by atoms with E-state index in [1.165, 1.54) is 37.9 Å². The van der Waals surface area contributed by atoms with Gasteiger partial charge in [-0.2, -0.15) is 0 Å². The number of pyridine rings is 2. The second kappa shape index (κ2) is 13.4. The average molecular weight is 719 g/mol. The van der Waals surface area contributed by atoms with Gasteiger partial charge in [-0.1, -0.05) is 90.6 Å². The maximum atomic E-state index is 5.35. The lowest BCUT2D eigenvalue weighted by Gasteiger charge is -2.10. The zero-order valence-corrected chi connectivity index (χ0v) is 29.6. The number of imidazole rings is 1. The molecule has 0 radical (unpaired) electrons. The predicted octanol–water partition coefficient (Wildman–Crippen LogP) is 12.4. The van der Waals surface area contributed by atoms with Crippen molar-refractivity contribution in [2.75, 3.05) is 0 Å². The summed E-state index contributed by atoms with van der Waals surface area (Å²) in [5, 5.41) is 4.67. The highest BCUT2D eigenvalue weighted by Gasteiger charge is 2.21. The fraction of sp³-hybridized carbons (Fsp3) is 0.125. The topological polar surface area (TPSA) is 48.5 Å². The molecule has 9 heteroatoms. The van der Waals surface area contributed by atoms with Crippen LogP contribution in [0.15, 0.2) is 122 Å². The van der Waals surface area contributed by atoms with Crippen LogP contribution < -0.4 is 0 Å². The van der Waals surface area contributed by atoms with E-state index < -0.39 is 4.30 Å². The minimum Gasteiger partial charge on any atom is -0.323 e. The molecule has 242 valence electrons. The number of thiophene rings is 1. The van der Waals surface area contributed by atoms with Crippen molar-refractivity contribution in [3.05, 3.63) is 122 Å². The highest BCUT2D eigenvalue weighted by Crippen LogP contribution is 2.41. The molecule has 0 aliphatic carbocycles. The molecule has 0 aliphatic rings. The van der Waals surface area contributed by atoms with Crippen LogP contribution in [0.1, 0.15) is 19.8 Å². The van der Waals surface area contributed by atoms with Crippen LogP contribution in [0.5, 0.6) is 0 Å². The van der Waals surface area contributed by atoms with Gasteiger partial charge in [0.25, 0.3) is 0 Å². The van der Waals surface area contributed by atoms with E-state index in [1.807, 2.05) is 35.9 Å². The summed E-state index contributed by atoms with van der Waals surface area (Å²) in [5.41, 5.74) is 8.80. The molecule has 0 spiro atoms. The summed E-state index contributed by atoms with van der Waals surface area (Å²) in [6.45, 7) is 3.14. The molecule has 0 amide bonds. The monoisotopic (exact) mass is 717 g/mol. The Labute approximate surface area is 302 Å². The van der Waals surface area contributed by atoms with Gasteiger partial charge in [0.1, 0.15) is 0 Å². The smallest absolute Gasteiger partial charge is 0.180 e. The summed E-state index contributed by atoms with van der Waals surface area (Å²) in [4.78, 5) is 17.3. The van der Waals surface area contributed by atoms with Gasteiger partial charge in [-0.15, -0.1) is 11.3 Å². The first kappa shape index (κ1) is 31.8. The summed E-state index contributed by atoms with van der Waals surface area (Å²) < 4.78 is 4.03. The van der Waals surface area contributed by atoms with Crippen LogP contribution in [0.4, 0.5) is 0 Å². The summed E-state index contributed by atoms with van der Waals surface area (Å²) >= 11 is 16.2. The Kier molecular flexibility index (Phi) is 8.72. The minimum absolute atomic E-state index is 0.750. The highest BCUT2D eigenvalue weighted by atomic mass is 35.6. The maximum Gasteiger partial charge on any atom is 0.180 e. The van der Waals surface area contributed by atoms with Gasteiger partial charge in [-0.05, 0) is 78.7 Å². The van der Waals surface area contributed by atoms with E-state index in [-0.39, 0.29) is 0 Å². The molecule has 49 heavy (non-hydrogen) atoms. The van der Waals surface area contributed by atoms with Crippen molar-refractivity contribution in [2.24, 2.45) is 0 Å². The number of aryl methyl sites for hydroxylation is 1. The van der Waals surface area contributed by atoms with E-state index in [1.54, 1.807) is 0 Å². The lowest BCUT2D eigenvalue weighted by Crippen LogP contribution is -2.00. The Morgan fingerprint density at radius 1 is 0.653 bits per heavy atom. The maximum absolute atomic E-state index is 5.35. The van der Waals surface area contributed by atoms with Crippen molar-refractivity contribution in [1.82, 2.24) is 24.1 Å². The lowest BCUT2D eigenvalue weighted by molar-refractivity contribution is 0.652. The SMILES string of the molecule is CCCCn1c(-c2ccc(-c3ccc4c(c3)c3ccccc3n4-c3ccccc3)s2)nc2c3cccnc3c3ncccc3c21.ClC(Cl)Cl. The molecule has 0 fully saturated rings. The summed E-state index contributed by atoms with van der Waals surface area (Å²) in [6, 6.07) is 39.0. The molecule has 0 bridgehead atoms. The number of rotatable bonds is 6. The van der Waals surface area contributed by atoms with Gasteiger partial charge in [0, 0.05) is 51.0 Å². The first-order valence-electron chi connectivity index (χ1n) is 16.2. The number of aromatic nitrogens is 5. The van der Waals surface area contributed by atoms with Crippen LogP contribution in [-0.2, 0) is 6.54 Å². The fourth-order valence-electron chi connectivity index (χ4n) is 6.80. The molecule has 0 saturated carbocycles. The van der Waals surface area contributed by atoms with Gasteiger partial charge >= 0.3 is 0 Å². The normalized spacial score (nSPS) is 11.7. The lowest BCUT2D eigenvalue weighted by atomic mass is 10.1. The Hall–Kier alpha value is -4.46. The van der Waals surface area contributed by atoms with Gasteiger partial charge in [-0.3, -0.25) is 9.97 Å². The third kappa shape index (κ3) is 5.73. The van der Waals surface area contributed by atoms with Gasteiger partial charge in [0.2, 0.25) is 0 Å². The first-order chi connectivity index (χ1) is 24.0. The zero-order valence-electron chi connectivity index (χ0n) is 26.5. The summed E-state index contributed by atoms with van der Waals surface area (Å²) in [6.07, 6.45) is 5.88. The van der Waals surface area contributed by atoms with Crippen LogP contribution in [-0.4, -0.2) is 28.4 Å². The highest BCUT2D eigenvalue weighted by molar-refractivity contribution is 7.18. The number of hydrogen-bond acceptors (Lipinski definition) is 4. The quantitative estimate of drug-likeness (QED) is 0.127. The molecule has 5 aromatic heterocycles. The Morgan fingerprint density at radius 3 is 2.08 bits per heavy atom. The number of benzene rings is 4. The van der Waals surface area contributed by atoms with E-state index in [0.717, 1.165) is 62.9 Å². The number of alkyl halides is 3. The summed E-state index contributed by atoms with van der Waals surface area (Å²) in [5.74, 6) is 1.01. The molecule has 0 atom stereocenters. The molecule has 0 aliphatic heterocycles. The largest absolute Gasteiger partial charge is 0.323 e. The van der Waals surface area contributed by atoms with E-state index in [9.17, 15) is 0 Å². The molecule has 4 aromatic carbocycles. The number of nitrogens with zero attached hydrogens (tertiary/aromatic N) is 5. The van der Waals surface area contributed by atoms with Gasteiger partial charge in [0.05, 0.1) is 38.0 Å². The molecular formula is C40H30Cl3N5S. The molecule has 9 aromatic rings. The standard InChI is InChI=1S/C39H29N5S.CHCl3/c1-2-3-23-43-38-29-15-10-22-41-36(29)35-28(14-9-21-40-35)37(38)42-39(43)34-20-19-33(45-34)25-17-18-32-30(24-25)27-13-7-8-16-31(27)44(32)26-11-5-4-6-12-26;2-1(3)4/h4-22,24H,2-3,23H2,1H3;1H. The third-order valence-electron chi connectivity index (χ3n) is 8.85. The van der Waals surface area contributed by atoms with Gasteiger partial charge in [-0.25, -0.2) is 4.98 Å². The van der Waals surface area contributed by atoms with Crippen molar-refractivity contribution >= 4 is 101 Å². The third-order valence-corrected chi connectivity index (χ3v) is 9.98. The number of para-hydroxylation sites is 2. The van der Waals surface area contributed by atoms with Crippen molar-refractivity contribution in [3.63, 3.8) is 0 Å². The van der Waals surface area contributed by atoms with Crippen molar-refractivity contribution in [2.45, 2.75) is 30.6 Å². The molecule has 5 heterocycles. The van der Waals surface area contributed by atoms with E-state index in [2.05, 4.69) is 113 Å². The zero-order chi connectivity index (χ0) is 33.5. The van der Waals surface area contributed by atoms with Crippen molar-refractivity contribution in [3.8, 4) is 26.8 Å².